The van der Waals surface area contributed by atoms with Crippen molar-refractivity contribution in [1.82, 2.24) is 10.3 Å². The van der Waals surface area contributed by atoms with Crippen LogP contribution in [0.25, 0.3) is 10.9 Å². The maximum absolute atomic E-state index is 12.0. The maximum Gasteiger partial charge on any atom is 0.341 e. The molecule has 0 aliphatic heterocycles. The van der Waals surface area contributed by atoms with Gasteiger partial charge in [0.25, 0.3) is 5.91 Å². The van der Waals surface area contributed by atoms with E-state index >= 15 is 0 Å². The summed E-state index contributed by atoms with van der Waals surface area (Å²) in [7, 11) is 0. The van der Waals surface area contributed by atoms with E-state index in [0.717, 1.165) is 16.5 Å². The van der Waals surface area contributed by atoms with Crippen molar-refractivity contribution in [2.75, 3.05) is 13.2 Å². The zero-order valence-electron chi connectivity index (χ0n) is 13.5. The van der Waals surface area contributed by atoms with E-state index in [1.165, 1.54) is 0 Å². The van der Waals surface area contributed by atoms with Gasteiger partial charge in [0.1, 0.15) is 5.75 Å². The first-order valence-electron chi connectivity index (χ1n) is 7.91. The summed E-state index contributed by atoms with van der Waals surface area (Å²) in [5.74, 6) is -0.618. The summed E-state index contributed by atoms with van der Waals surface area (Å²) < 4.78 is 5.22. The lowest BCUT2D eigenvalue weighted by Gasteiger charge is -2.06. The van der Waals surface area contributed by atoms with Crippen LogP contribution < -0.4 is 10.1 Å². The minimum atomic E-state index is -1.02. The molecule has 0 bridgehead atoms. The molecule has 6 nitrogen and oxygen atoms in total. The van der Waals surface area contributed by atoms with Crippen LogP contribution in [0.3, 0.4) is 0 Å². The molecule has 0 saturated carbocycles. The molecule has 0 fully saturated rings. The van der Waals surface area contributed by atoms with E-state index < -0.39 is 5.97 Å². The standard InChI is InChI=1S/C19H18N2O4/c22-18(23)12-25-15-6-7-17-16(10-15)14(11-21-17)8-9-20-19(24)13-4-2-1-3-5-13/h1-7,10-11,21H,8-9,12H2,(H,20,24)(H,22,23). The third-order valence-electron chi connectivity index (χ3n) is 3.82. The van der Waals surface area contributed by atoms with Gasteiger partial charge in [-0.1, -0.05) is 18.2 Å². The Bertz CT molecular complexity index is 887. The molecule has 3 aromatic rings. The van der Waals surface area contributed by atoms with Gasteiger partial charge in [0, 0.05) is 29.2 Å². The fourth-order valence-corrected chi connectivity index (χ4v) is 2.60. The number of carboxylic acid groups (broad SMARTS) is 1. The number of aromatic amines is 1. The number of nitrogens with one attached hydrogen (secondary N) is 2. The summed E-state index contributed by atoms with van der Waals surface area (Å²) in [5, 5.41) is 12.5. The molecular weight excluding hydrogens is 320 g/mol. The lowest BCUT2D eigenvalue weighted by Crippen LogP contribution is -2.25. The van der Waals surface area contributed by atoms with Crippen LogP contribution in [0.2, 0.25) is 0 Å². The second-order valence-electron chi connectivity index (χ2n) is 5.58. The number of H-pyrrole nitrogens is 1. The van der Waals surface area contributed by atoms with Gasteiger partial charge < -0.3 is 20.1 Å². The SMILES string of the molecule is O=C(O)COc1ccc2[nH]cc(CCNC(=O)c3ccccc3)c2c1. The minimum absolute atomic E-state index is 0.106. The van der Waals surface area contributed by atoms with Gasteiger partial charge in [-0.15, -0.1) is 0 Å². The van der Waals surface area contributed by atoms with Crippen molar-refractivity contribution in [3.63, 3.8) is 0 Å². The number of fused-ring (bicyclic) bond motifs is 1. The normalized spacial score (nSPS) is 10.6. The lowest BCUT2D eigenvalue weighted by atomic mass is 10.1. The van der Waals surface area contributed by atoms with E-state index in [1.54, 1.807) is 18.2 Å². The zero-order chi connectivity index (χ0) is 17.6. The average Bonchev–Trinajstić information content (AvgIpc) is 3.03. The maximum atomic E-state index is 12.0. The van der Waals surface area contributed by atoms with Gasteiger partial charge in [-0.05, 0) is 42.3 Å². The number of aliphatic carboxylic acids is 1. The number of hydrogen-bond donors (Lipinski definition) is 3. The van der Waals surface area contributed by atoms with Gasteiger partial charge in [-0.3, -0.25) is 4.79 Å². The molecule has 0 aliphatic carbocycles. The Morgan fingerprint density at radius 1 is 1.12 bits per heavy atom. The molecule has 6 heteroatoms. The third-order valence-corrected chi connectivity index (χ3v) is 3.82. The highest BCUT2D eigenvalue weighted by atomic mass is 16.5. The van der Waals surface area contributed by atoms with Crippen molar-refractivity contribution >= 4 is 22.8 Å². The van der Waals surface area contributed by atoms with Gasteiger partial charge in [-0.25, -0.2) is 4.79 Å². The molecule has 0 radical (unpaired) electrons. The van der Waals surface area contributed by atoms with E-state index in [0.29, 0.717) is 24.3 Å². The van der Waals surface area contributed by atoms with Gasteiger partial charge in [0.05, 0.1) is 0 Å². The second-order valence-corrected chi connectivity index (χ2v) is 5.58. The van der Waals surface area contributed by atoms with Crippen molar-refractivity contribution in [3.8, 4) is 5.75 Å². The summed E-state index contributed by atoms with van der Waals surface area (Å²) in [6.07, 6.45) is 2.54. The molecule has 3 rings (SSSR count). The van der Waals surface area contributed by atoms with Crippen molar-refractivity contribution in [3.05, 3.63) is 65.9 Å². The fourth-order valence-electron chi connectivity index (χ4n) is 2.60. The zero-order valence-corrected chi connectivity index (χ0v) is 13.5. The predicted molar refractivity (Wildman–Crippen MR) is 93.9 cm³/mol. The summed E-state index contributed by atoms with van der Waals surface area (Å²) in [6.45, 7) is 0.124. The van der Waals surface area contributed by atoms with Gasteiger partial charge in [0.15, 0.2) is 6.61 Å². The predicted octanol–water partition coefficient (Wildman–Crippen LogP) is 2.60. The number of amides is 1. The number of carbonyl (C=O) groups excluding carboxylic acids is 1. The number of benzene rings is 2. The molecular formula is C19H18N2O4. The Morgan fingerprint density at radius 2 is 1.92 bits per heavy atom. The van der Waals surface area contributed by atoms with Crippen LogP contribution in [0, 0.1) is 0 Å². The summed E-state index contributed by atoms with van der Waals surface area (Å²) in [6, 6.07) is 14.4. The van der Waals surface area contributed by atoms with Crippen molar-refractivity contribution < 1.29 is 19.4 Å². The van der Waals surface area contributed by atoms with Gasteiger partial charge in [-0.2, -0.15) is 0 Å². The first-order valence-corrected chi connectivity index (χ1v) is 7.91. The highest BCUT2D eigenvalue weighted by molar-refractivity contribution is 5.94. The van der Waals surface area contributed by atoms with Crippen molar-refractivity contribution in [2.45, 2.75) is 6.42 Å². The number of hydrogen-bond acceptors (Lipinski definition) is 3. The Labute approximate surface area is 144 Å². The topological polar surface area (TPSA) is 91.4 Å². The first kappa shape index (κ1) is 16.6. The fraction of sp³-hybridized carbons (Fsp3) is 0.158. The van der Waals surface area contributed by atoms with Crippen LogP contribution in [0.1, 0.15) is 15.9 Å². The Kier molecular flexibility index (Phi) is 4.99. The Balaban J connectivity index is 1.64. The van der Waals surface area contributed by atoms with E-state index in [4.69, 9.17) is 9.84 Å². The van der Waals surface area contributed by atoms with Crippen LogP contribution >= 0.6 is 0 Å². The summed E-state index contributed by atoms with van der Waals surface area (Å²) in [4.78, 5) is 25.8. The lowest BCUT2D eigenvalue weighted by molar-refractivity contribution is -0.139. The van der Waals surface area contributed by atoms with Gasteiger partial charge >= 0.3 is 5.97 Å². The Morgan fingerprint density at radius 3 is 2.68 bits per heavy atom. The van der Waals surface area contributed by atoms with Crippen LogP contribution in [0.4, 0.5) is 0 Å². The van der Waals surface area contributed by atoms with E-state index in [2.05, 4.69) is 10.3 Å². The second kappa shape index (κ2) is 7.53. The van der Waals surface area contributed by atoms with Crippen LogP contribution in [-0.4, -0.2) is 35.1 Å². The molecule has 128 valence electrons. The molecule has 0 unspecified atom stereocenters. The number of ether oxygens (including phenoxy) is 1. The van der Waals surface area contributed by atoms with E-state index in [9.17, 15) is 9.59 Å². The van der Waals surface area contributed by atoms with E-state index in [1.807, 2.05) is 36.5 Å². The quantitative estimate of drug-likeness (QED) is 0.617. The number of aromatic nitrogens is 1. The Hall–Kier alpha value is -3.28. The molecule has 1 heterocycles. The molecule has 0 spiro atoms. The average molecular weight is 338 g/mol. The molecule has 1 amide bonds. The molecule has 2 aromatic carbocycles. The molecule has 1 aromatic heterocycles. The molecule has 0 atom stereocenters. The van der Waals surface area contributed by atoms with E-state index in [-0.39, 0.29) is 12.5 Å². The van der Waals surface area contributed by atoms with Crippen LogP contribution in [0.5, 0.6) is 5.75 Å². The first-order chi connectivity index (χ1) is 12.1. The van der Waals surface area contributed by atoms with Gasteiger partial charge in [0.2, 0.25) is 0 Å². The summed E-state index contributed by atoms with van der Waals surface area (Å²) in [5.41, 5.74) is 2.60. The molecule has 3 N–H and O–H groups in total. The highest BCUT2D eigenvalue weighted by Crippen LogP contribution is 2.24. The number of rotatable bonds is 7. The van der Waals surface area contributed by atoms with Crippen molar-refractivity contribution in [2.24, 2.45) is 0 Å². The minimum Gasteiger partial charge on any atom is -0.482 e. The molecule has 0 aliphatic rings. The molecule has 25 heavy (non-hydrogen) atoms. The monoisotopic (exact) mass is 338 g/mol. The smallest absolute Gasteiger partial charge is 0.341 e. The summed E-state index contributed by atoms with van der Waals surface area (Å²) >= 11 is 0. The van der Waals surface area contributed by atoms with Crippen LogP contribution in [0.15, 0.2) is 54.7 Å². The molecule has 0 saturated heterocycles. The largest absolute Gasteiger partial charge is 0.482 e. The third kappa shape index (κ3) is 4.17. The van der Waals surface area contributed by atoms with Crippen molar-refractivity contribution in [1.29, 1.82) is 0 Å². The van der Waals surface area contributed by atoms with Crippen LogP contribution in [-0.2, 0) is 11.2 Å². The number of carboxylic acids is 1. The number of carbonyl (C=O) groups is 2. The highest BCUT2D eigenvalue weighted by Gasteiger charge is 2.08.